The molecule has 0 radical (unpaired) electrons. The molecule has 19 nitrogen and oxygen atoms in total. The van der Waals surface area contributed by atoms with Crippen LogP contribution < -0.4 is 0 Å². The maximum Gasteiger partial charge on any atom is 0.335 e. The fourth-order valence-electron chi connectivity index (χ4n) is 3.98. The molecule has 15 atom stereocenters. The fourth-order valence-corrected chi connectivity index (χ4v) is 3.98. The van der Waals surface area contributed by atoms with Crippen molar-refractivity contribution in [1.82, 2.24) is 0 Å². The first-order chi connectivity index (χ1) is 17.2. The third-order valence-electron chi connectivity index (χ3n) is 5.99. The fraction of sp³-hybridized carbons (Fsp3) is 0.833. The molecular weight excluding hydrogens is 520 g/mol. The van der Waals surface area contributed by atoms with Gasteiger partial charge in [-0.3, -0.25) is 0 Å². The standard InChI is InChI=1S/C18H26O19/c19-1-2(20)10(13(26)27)36-17(6(1)24)35-9-4(22)7(25)18(37-12(9)15(30)31)34-8-3(21)5(23)16(32)33-11(8)14(28)29/h1-12,16-25,32H,(H,26,27)(H,28,29)(H,30,31)/t1-,2-,3+,4+,5-,6-,7-,8-,9-,10-,11-,12-,16?,17+,18+/m0/s1. The molecule has 0 aromatic carbocycles. The Balaban J connectivity index is 1.81. The van der Waals surface area contributed by atoms with Crippen molar-refractivity contribution in [3.8, 4) is 0 Å². The van der Waals surface area contributed by atoms with E-state index in [2.05, 4.69) is 4.74 Å². The van der Waals surface area contributed by atoms with Gasteiger partial charge in [0.15, 0.2) is 37.2 Å². The second kappa shape index (κ2) is 11.3. The van der Waals surface area contributed by atoms with Crippen LogP contribution in [0.4, 0.5) is 0 Å². The summed E-state index contributed by atoms with van der Waals surface area (Å²) in [7, 11) is 0. The van der Waals surface area contributed by atoms with Gasteiger partial charge in [-0.1, -0.05) is 0 Å². The highest BCUT2D eigenvalue weighted by atomic mass is 16.8. The number of aliphatic carboxylic acids is 3. The highest BCUT2D eigenvalue weighted by Crippen LogP contribution is 2.32. The van der Waals surface area contributed by atoms with Crippen LogP contribution >= 0.6 is 0 Å². The second-order valence-electron chi connectivity index (χ2n) is 8.45. The molecule has 3 aliphatic rings. The van der Waals surface area contributed by atoms with Crippen LogP contribution in [0.2, 0.25) is 0 Å². The number of hydrogen-bond donors (Lipinski definition) is 11. The van der Waals surface area contributed by atoms with Gasteiger partial charge in [0.1, 0.15) is 54.9 Å². The number of rotatable bonds is 7. The van der Waals surface area contributed by atoms with Crippen molar-refractivity contribution in [2.24, 2.45) is 0 Å². The topological polar surface area (TPSA) is 320 Å². The van der Waals surface area contributed by atoms with Crippen LogP contribution in [0.25, 0.3) is 0 Å². The van der Waals surface area contributed by atoms with Gasteiger partial charge in [0.2, 0.25) is 0 Å². The molecular formula is C18H26O19. The van der Waals surface area contributed by atoms with E-state index in [9.17, 15) is 65.4 Å². The molecule has 0 bridgehead atoms. The molecule has 37 heavy (non-hydrogen) atoms. The maximum atomic E-state index is 11.8. The smallest absolute Gasteiger partial charge is 0.335 e. The Hall–Kier alpha value is -2.11. The van der Waals surface area contributed by atoms with E-state index < -0.39 is 110 Å². The van der Waals surface area contributed by atoms with E-state index in [0.717, 1.165) is 0 Å². The van der Waals surface area contributed by atoms with E-state index in [4.69, 9.17) is 24.1 Å². The lowest BCUT2D eigenvalue weighted by molar-refractivity contribution is -0.368. The Bertz CT molecular complexity index is 853. The van der Waals surface area contributed by atoms with E-state index in [0.29, 0.717) is 0 Å². The summed E-state index contributed by atoms with van der Waals surface area (Å²) in [4.78, 5) is 34.5. The number of carboxylic acids is 3. The number of aliphatic hydroxyl groups excluding tert-OH is 8. The van der Waals surface area contributed by atoms with Gasteiger partial charge in [0.05, 0.1) is 0 Å². The van der Waals surface area contributed by atoms with Gasteiger partial charge in [-0.15, -0.1) is 0 Å². The molecule has 0 spiro atoms. The largest absolute Gasteiger partial charge is 0.479 e. The second-order valence-corrected chi connectivity index (χ2v) is 8.45. The highest BCUT2D eigenvalue weighted by molar-refractivity contribution is 5.74. The molecule has 0 saturated carbocycles. The third-order valence-corrected chi connectivity index (χ3v) is 5.99. The number of ether oxygens (including phenoxy) is 5. The van der Waals surface area contributed by atoms with Crippen LogP contribution in [0.3, 0.4) is 0 Å². The van der Waals surface area contributed by atoms with Gasteiger partial charge in [0, 0.05) is 0 Å². The predicted octanol–water partition coefficient (Wildman–Crippen LogP) is -7.30. The number of carboxylic acid groups (broad SMARTS) is 3. The van der Waals surface area contributed by atoms with Crippen molar-refractivity contribution in [2.45, 2.75) is 92.1 Å². The maximum absolute atomic E-state index is 11.8. The average molecular weight is 546 g/mol. The lowest BCUT2D eigenvalue weighted by Crippen LogP contribution is -2.67. The molecule has 0 amide bonds. The molecule has 3 rings (SSSR count). The molecule has 3 fully saturated rings. The Kier molecular flexibility index (Phi) is 9.01. The third kappa shape index (κ3) is 5.68. The van der Waals surface area contributed by atoms with Gasteiger partial charge in [-0.05, 0) is 0 Å². The lowest BCUT2D eigenvalue weighted by Gasteiger charge is -2.46. The Morgan fingerprint density at radius 2 is 0.838 bits per heavy atom. The molecule has 0 aromatic rings. The zero-order valence-electron chi connectivity index (χ0n) is 18.3. The van der Waals surface area contributed by atoms with Crippen molar-refractivity contribution >= 4 is 17.9 Å². The van der Waals surface area contributed by atoms with E-state index in [1.54, 1.807) is 0 Å². The Morgan fingerprint density at radius 3 is 1.30 bits per heavy atom. The van der Waals surface area contributed by atoms with Crippen molar-refractivity contribution in [3.63, 3.8) is 0 Å². The molecule has 3 heterocycles. The van der Waals surface area contributed by atoms with Gasteiger partial charge in [0.25, 0.3) is 0 Å². The number of aliphatic hydroxyl groups is 8. The first-order valence-electron chi connectivity index (χ1n) is 10.6. The van der Waals surface area contributed by atoms with Crippen molar-refractivity contribution < 1.29 is 94.2 Å². The van der Waals surface area contributed by atoms with Crippen LogP contribution in [0.5, 0.6) is 0 Å². The first kappa shape index (κ1) is 29.4. The minimum Gasteiger partial charge on any atom is -0.479 e. The number of carbonyl (C=O) groups is 3. The molecule has 212 valence electrons. The molecule has 1 unspecified atom stereocenters. The van der Waals surface area contributed by atoms with E-state index >= 15 is 0 Å². The van der Waals surface area contributed by atoms with Crippen LogP contribution in [-0.4, -0.2) is 166 Å². The van der Waals surface area contributed by atoms with Gasteiger partial charge in [-0.25, -0.2) is 14.4 Å². The molecule has 11 N–H and O–H groups in total. The zero-order chi connectivity index (χ0) is 27.9. The minimum atomic E-state index is -2.29. The molecule has 0 aromatic heterocycles. The van der Waals surface area contributed by atoms with Crippen LogP contribution in [-0.2, 0) is 38.1 Å². The van der Waals surface area contributed by atoms with Gasteiger partial charge < -0.3 is 79.9 Å². The van der Waals surface area contributed by atoms with Crippen LogP contribution in [0.15, 0.2) is 0 Å². The molecule has 3 aliphatic heterocycles. The summed E-state index contributed by atoms with van der Waals surface area (Å²) in [5, 5.41) is 108. The summed E-state index contributed by atoms with van der Waals surface area (Å²) < 4.78 is 24.8. The van der Waals surface area contributed by atoms with Gasteiger partial charge in [-0.2, -0.15) is 0 Å². The number of hydrogen-bond acceptors (Lipinski definition) is 16. The Labute approximate surface area is 205 Å². The predicted molar refractivity (Wildman–Crippen MR) is 103 cm³/mol. The first-order valence-corrected chi connectivity index (χ1v) is 10.6. The average Bonchev–Trinajstić information content (AvgIpc) is 2.82. The van der Waals surface area contributed by atoms with Crippen molar-refractivity contribution in [2.75, 3.05) is 0 Å². The Morgan fingerprint density at radius 1 is 0.459 bits per heavy atom. The summed E-state index contributed by atoms with van der Waals surface area (Å²) in [5.41, 5.74) is 0. The summed E-state index contributed by atoms with van der Waals surface area (Å²) >= 11 is 0. The van der Waals surface area contributed by atoms with Crippen molar-refractivity contribution in [1.29, 1.82) is 0 Å². The quantitative estimate of drug-likeness (QED) is 0.141. The summed E-state index contributed by atoms with van der Waals surface area (Å²) in [6, 6.07) is 0. The molecule has 0 aliphatic carbocycles. The molecule has 3 saturated heterocycles. The molecule has 19 heteroatoms. The SMILES string of the molecule is O=C(O)[C@H]1O[C@@H](O[C@H]2[C@H](O)[C@H](O)[C@H](O[C@H]3[C@H](O)[C@H](O)C(O)O[C@@H]3C(=O)O)O[C@@H]2C(=O)O)[C@@H](O)[C@@H](O)[C@@H]1O. The van der Waals surface area contributed by atoms with E-state index in [1.807, 2.05) is 0 Å². The summed E-state index contributed by atoms with van der Waals surface area (Å²) in [6.07, 6.45) is -32.5. The summed E-state index contributed by atoms with van der Waals surface area (Å²) in [6.45, 7) is 0. The highest BCUT2D eigenvalue weighted by Gasteiger charge is 2.56. The minimum absolute atomic E-state index is 1.79. The van der Waals surface area contributed by atoms with Crippen LogP contribution in [0.1, 0.15) is 0 Å². The van der Waals surface area contributed by atoms with Crippen LogP contribution in [0, 0.1) is 0 Å². The van der Waals surface area contributed by atoms with Crippen molar-refractivity contribution in [3.05, 3.63) is 0 Å². The summed E-state index contributed by atoms with van der Waals surface area (Å²) in [5.74, 6) is -5.46. The van der Waals surface area contributed by atoms with E-state index in [-0.39, 0.29) is 0 Å². The monoisotopic (exact) mass is 546 g/mol. The van der Waals surface area contributed by atoms with E-state index in [1.165, 1.54) is 0 Å². The lowest BCUT2D eigenvalue weighted by atomic mass is 9.95. The zero-order valence-corrected chi connectivity index (χ0v) is 18.3. The van der Waals surface area contributed by atoms with Gasteiger partial charge >= 0.3 is 17.9 Å². The normalized spacial score (nSPS) is 48.8.